The van der Waals surface area contributed by atoms with E-state index < -0.39 is 0 Å². The van der Waals surface area contributed by atoms with E-state index in [2.05, 4.69) is 31.9 Å². The number of anilines is 2. The molecular weight excluding hydrogens is 474 g/mol. The van der Waals surface area contributed by atoms with Crippen molar-refractivity contribution in [2.24, 2.45) is 0 Å². The van der Waals surface area contributed by atoms with Crippen LogP contribution in [0.2, 0.25) is 0 Å². The van der Waals surface area contributed by atoms with Crippen LogP contribution in [0.25, 0.3) is 0 Å². The van der Waals surface area contributed by atoms with Crippen molar-refractivity contribution in [1.82, 2.24) is 5.32 Å². The summed E-state index contributed by atoms with van der Waals surface area (Å²) >= 11 is 3.36. The van der Waals surface area contributed by atoms with E-state index in [1.165, 1.54) is 0 Å². The van der Waals surface area contributed by atoms with Gasteiger partial charge in [-0.15, -0.1) is 0 Å². The van der Waals surface area contributed by atoms with Gasteiger partial charge in [-0.25, -0.2) is 0 Å². The predicted octanol–water partition coefficient (Wildman–Crippen LogP) is 4.20. The normalized spacial score (nSPS) is 10.3. The SMILES string of the molecule is COc1ccc(NC(=O)CNCc2ccccc2OCC(=O)Nc2ccc(Br)cc2)cc1. The van der Waals surface area contributed by atoms with E-state index in [0.717, 1.165) is 15.8 Å². The van der Waals surface area contributed by atoms with Crippen LogP contribution in [-0.4, -0.2) is 32.1 Å². The van der Waals surface area contributed by atoms with E-state index in [1.807, 2.05) is 30.3 Å². The van der Waals surface area contributed by atoms with Crippen molar-refractivity contribution in [3.8, 4) is 11.5 Å². The maximum Gasteiger partial charge on any atom is 0.262 e. The number of amides is 2. The molecule has 32 heavy (non-hydrogen) atoms. The number of ether oxygens (including phenoxy) is 2. The maximum absolute atomic E-state index is 12.2. The zero-order valence-electron chi connectivity index (χ0n) is 17.6. The summed E-state index contributed by atoms with van der Waals surface area (Å²) in [5.41, 5.74) is 2.24. The Labute approximate surface area is 195 Å². The van der Waals surface area contributed by atoms with Gasteiger partial charge in [0.1, 0.15) is 11.5 Å². The van der Waals surface area contributed by atoms with Gasteiger partial charge in [0.25, 0.3) is 5.91 Å². The van der Waals surface area contributed by atoms with Crippen molar-refractivity contribution in [2.75, 3.05) is 30.9 Å². The van der Waals surface area contributed by atoms with E-state index in [4.69, 9.17) is 9.47 Å². The van der Waals surface area contributed by atoms with Crippen molar-refractivity contribution < 1.29 is 19.1 Å². The van der Waals surface area contributed by atoms with Gasteiger partial charge in [-0.2, -0.15) is 0 Å². The van der Waals surface area contributed by atoms with Gasteiger partial charge in [0.2, 0.25) is 5.91 Å². The molecule has 7 nitrogen and oxygen atoms in total. The predicted molar refractivity (Wildman–Crippen MR) is 128 cm³/mol. The molecule has 0 aliphatic heterocycles. The van der Waals surface area contributed by atoms with Crippen LogP contribution >= 0.6 is 15.9 Å². The highest BCUT2D eigenvalue weighted by Gasteiger charge is 2.08. The zero-order valence-corrected chi connectivity index (χ0v) is 19.1. The fourth-order valence-corrected chi connectivity index (χ4v) is 3.12. The molecule has 0 spiro atoms. The van der Waals surface area contributed by atoms with E-state index >= 15 is 0 Å². The summed E-state index contributed by atoms with van der Waals surface area (Å²) in [4.78, 5) is 24.3. The summed E-state index contributed by atoms with van der Waals surface area (Å²) in [5, 5.41) is 8.70. The largest absolute Gasteiger partial charge is 0.497 e. The number of para-hydroxylation sites is 1. The minimum atomic E-state index is -0.256. The van der Waals surface area contributed by atoms with Crippen molar-refractivity contribution in [2.45, 2.75) is 6.54 Å². The fraction of sp³-hybridized carbons (Fsp3) is 0.167. The van der Waals surface area contributed by atoms with E-state index in [-0.39, 0.29) is 25.0 Å². The molecule has 0 unspecified atom stereocenters. The molecule has 8 heteroatoms. The van der Waals surface area contributed by atoms with Gasteiger partial charge >= 0.3 is 0 Å². The van der Waals surface area contributed by atoms with Crippen LogP contribution in [0.1, 0.15) is 5.56 Å². The lowest BCUT2D eigenvalue weighted by Gasteiger charge is -2.12. The monoisotopic (exact) mass is 497 g/mol. The number of benzene rings is 3. The Morgan fingerprint density at radius 1 is 0.844 bits per heavy atom. The molecule has 0 saturated heterocycles. The topological polar surface area (TPSA) is 88.7 Å². The van der Waals surface area contributed by atoms with Gasteiger partial charge in [0.05, 0.1) is 13.7 Å². The molecule has 166 valence electrons. The van der Waals surface area contributed by atoms with Crippen molar-refractivity contribution in [1.29, 1.82) is 0 Å². The Morgan fingerprint density at radius 3 is 2.16 bits per heavy atom. The standard InChI is InChI=1S/C24H24BrN3O4/c1-31-21-12-10-20(11-13-21)27-23(29)15-26-14-17-4-2-3-5-22(17)32-16-24(30)28-19-8-6-18(25)7-9-19/h2-13,26H,14-16H2,1H3,(H,27,29)(H,28,30). The highest BCUT2D eigenvalue weighted by Crippen LogP contribution is 2.19. The number of carbonyl (C=O) groups is 2. The summed E-state index contributed by atoms with van der Waals surface area (Å²) in [6.45, 7) is 0.427. The smallest absolute Gasteiger partial charge is 0.262 e. The number of halogens is 1. The molecule has 0 atom stereocenters. The zero-order chi connectivity index (χ0) is 22.8. The Kier molecular flexibility index (Phi) is 8.65. The Morgan fingerprint density at radius 2 is 1.47 bits per heavy atom. The molecule has 3 aromatic rings. The molecule has 0 fully saturated rings. The van der Waals surface area contributed by atoms with Gasteiger partial charge in [-0.1, -0.05) is 34.1 Å². The van der Waals surface area contributed by atoms with Crippen molar-refractivity contribution in [3.63, 3.8) is 0 Å². The summed E-state index contributed by atoms with van der Waals surface area (Å²) in [6.07, 6.45) is 0. The van der Waals surface area contributed by atoms with Gasteiger partial charge < -0.3 is 25.4 Å². The molecular formula is C24H24BrN3O4. The van der Waals surface area contributed by atoms with Gasteiger partial charge in [-0.3, -0.25) is 9.59 Å². The molecule has 0 aliphatic rings. The average Bonchev–Trinajstić information content (AvgIpc) is 2.80. The Hall–Kier alpha value is -3.36. The average molecular weight is 498 g/mol. The third-order valence-corrected chi connectivity index (χ3v) is 4.96. The van der Waals surface area contributed by atoms with E-state index in [1.54, 1.807) is 49.6 Å². The third kappa shape index (κ3) is 7.40. The number of rotatable bonds is 10. The lowest BCUT2D eigenvalue weighted by Crippen LogP contribution is -2.28. The molecule has 0 aliphatic carbocycles. The quantitative estimate of drug-likeness (QED) is 0.390. The van der Waals surface area contributed by atoms with Crippen LogP contribution in [0.3, 0.4) is 0 Å². The Bertz CT molecular complexity index is 1040. The lowest BCUT2D eigenvalue weighted by atomic mass is 10.2. The first kappa shape index (κ1) is 23.3. The lowest BCUT2D eigenvalue weighted by molar-refractivity contribution is -0.118. The molecule has 3 rings (SSSR count). The molecule has 3 N–H and O–H groups in total. The third-order valence-electron chi connectivity index (χ3n) is 4.43. The molecule has 0 saturated carbocycles. The summed E-state index contributed by atoms with van der Waals surface area (Å²) in [5.74, 6) is 0.890. The summed E-state index contributed by atoms with van der Waals surface area (Å²) in [6, 6.07) is 21.8. The minimum Gasteiger partial charge on any atom is -0.497 e. The highest BCUT2D eigenvalue weighted by molar-refractivity contribution is 9.10. The van der Waals surface area contributed by atoms with Crippen LogP contribution in [0, 0.1) is 0 Å². The number of hydrogen-bond donors (Lipinski definition) is 3. The maximum atomic E-state index is 12.2. The van der Waals surface area contributed by atoms with Crippen LogP contribution in [0.4, 0.5) is 11.4 Å². The molecule has 0 radical (unpaired) electrons. The van der Waals surface area contributed by atoms with Crippen LogP contribution in [0.15, 0.2) is 77.3 Å². The molecule has 2 amide bonds. The van der Waals surface area contributed by atoms with Crippen LogP contribution in [0.5, 0.6) is 11.5 Å². The van der Waals surface area contributed by atoms with Crippen LogP contribution < -0.4 is 25.4 Å². The first-order valence-electron chi connectivity index (χ1n) is 9.94. The van der Waals surface area contributed by atoms with E-state index in [9.17, 15) is 9.59 Å². The second-order valence-electron chi connectivity index (χ2n) is 6.83. The highest BCUT2D eigenvalue weighted by atomic mass is 79.9. The molecule has 0 bridgehead atoms. The number of nitrogens with one attached hydrogen (secondary N) is 3. The van der Waals surface area contributed by atoms with Gasteiger partial charge in [-0.05, 0) is 54.6 Å². The van der Waals surface area contributed by atoms with Crippen molar-refractivity contribution in [3.05, 3.63) is 82.8 Å². The fourth-order valence-electron chi connectivity index (χ4n) is 2.85. The van der Waals surface area contributed by atoms with Gasteiger partial charge in [0, 0.05) is 28.0 Å². The summed E-state index contributed by atoms with van der Waals surface area (Å²) in [7, 11) is 1.59. The van der Waals surface area contributed by atoms with Crippen molar-refractivity contribution >= 4 is 39.1 Å². The van der Waals surface area contributed by atoms with E-state index in [0.29, 0.717) is 23.7 Å². The van der Waals surface area contributed by atoms with Gasteiger partial charge in [0.15, 0.2) is 6.61 Å². The minimum absolute atomic E-state index is 0.120. The summed E-state index contributed by atoms with van der Waals surface area (Å²) < 4.78 is 11.7. The second kappa shape index (κ2) is 11.9. The number of carbonyl (C=O) groups excluding carboxylic acids is 2. The first-order valence-corrected chi connectivity index (χ1v) is 10.7. The second-order valence-corrected chi connectivity index (χ2v) is 7.75. The Balaban J connectivity index is 1.45. The van der Waals surface area contributed by atoms with Crippen LogP contribution in [-0.2, 0) is 16.1 Å². The molecule has 0 heterocycles. The number of methoxy groups -OCH3 is 1. The first-order chi connectivity index (χ1) is 15.5. The molecule has 3 aromatic carbocycles. The molecule has 0 aromatic heterocycles. The number of hydrogen-bond acceptors (Lipinski definition) is 5.